The fourth-order valence-electron chi connectivity index (χ4n) is 2.07. The minimum atomic E-state index is 0.253. The predicted molar refractivity (Wildman–Crippen MR) is 46.4 cm³/mol. The lowest BCUT2D eigenvalue weighted by Crippen LogP contribution is -2.34. The van der Waals surface area contributed by atoms with Gasteiger partial charge in [-0.25, -0.2) is 0 Å². The molecule has 1 atom stereocenters. The Kier molecular flexibility index (Phi) is 1.69. The zero-order valence-corrected chi connectivity index (χ0v) is 7.34. The molecule has 2 heteroatoms. The van der Waals surface area contributed by atoms with Crippen molar-refractivity contribution in [2.75, 3.05) is 13.6 Å². The molecule has 0 bridgehead atoms. The van der Waals surface area contributed by atoms with Crippen LogP contribution < -0.4 is 5.73 Å². The van der Waals surface area contributed by atoms with Gasteiger partial charge in [0.05, 0.1) is 0 Å². The van der Waals surface area contributed by atoms with Crippen molar-refractivity contribution in [3.8, 4) is 0 Å². The molecular weight excluding hydrogens is 136 g/mol. The second-order valence-corrected chi connectivity index (χ2v) is 4.34. The number of nitrogens with zero attached hydrogens (tertiary/aromatic N) is 1. The summed E-state index contributed by atoms with van der Waals surface area (Å²) in [5.41, 5.74) is 6.32. The fraction of sp³-hybridized carbons (Fsp3) is 1.00. The van der Waals surface area contributed by atoms with Crippen LogP contribution in [0.25, 0.3) is 0 Å². The van der Waals surface area contributed by atoms with E-state index in [9.17, 15) is 0 Å². The molecule has 2 rings (SSSR count). The zero-order valence-electron chi connectivity index (χ0n) is 7.34. The average Bonchev–Trinajstić information content (AvgIpc) is 2.54. The highest BCUT2D eigenvalue weighted by atomic mass is 15.1. The van der Waals surface area contributed by atoms with E-state index in [0.29, 0.717) is 0 Å². The monoisotopic (exact) mass is 154 g/mol. The lowest BCUT2D eigenvalue weighted by atomic mass is 10.0. The molecule has 1 aliphatic heterocycles. The van der Waals surface area contributed by atoms with Crippen molar-refractivity contribution in [1.29, 1.82) is 0 Å². The number of rotatable bonds is 2. The quantitative estimate of drug-likeness (QED) is 0.642. The number of hydrogen-bond acceptors (Lipinski definition) is 2. The smallest absolute Gasteiger partial charge is 0.0170 e. The van der Waals surface area contributed by atoms with Crippen molar-refractivity contribution >= 4 is 0 Å². The molecule has 0 aromatic rings. The van der Waals surface area contributed by atoms with Gasteiger partial charge in [0.1, 0.15) is 0 Å². The molecule has 11 heavy (non-hydrogen) atoms. The summed E-state index contributed by atoms with van der Waals surface area (Å²) in [6.07, 6.45) is 6.50. The molecule has 1 heterocycles. The maximum absolute atomic E-state index is 6.06. The van der Waals surface area contributed by atoms with Gasteiger partial charge >= 0.3 is 0 Å². The Morgan fingerprint density at radius 2 is 2.27 bits per heavy atom. The van der Waals surface area contributed by atoms with Gasteiger partial charge < -0.3 is 10.6 Å². The molecule has 0 radical (unpaired) electrons. The van der Waals surface area contributed by atoms with Gasteiger partial charge in [-0.1, -0.05) is 0 Å². The molecule has 0 aromatic heterocycles. The Bertz CT molecular complexity index is 152. The van der Waals surface area contributed by atoms with Crippen molar-refractivity contribution < 1.29 is 0 Å². The van der Waals surface area contributed by atoms with Crippen LogP contribution in [0.3, 0.4) is 0 Å². The Morgan fingerprint density at radius 3 is 2.73 bits per heavy atom. The normalized spacial score (nSPS) is 36.0. The summed E-state index contributed by atoms with van der Waals surface area (Å²) in [5, 5.41) is 0. The standard InChI is InChI=1S/C9H18N2/c1-11-6-2-3-8(11)7-9(10)4-5-9/h8H,2-7,10H2,1H3. The van der Waals surface area contributed by atoms with Crippen LogP contribution in [0.2, 0.25) is 0 Å². The van der Waals surface area contributed by atoms with Gasteiger partial charge in [-0.15, -0.1) is 0 Å². The number of likely N-dealkylation sites (tertiary alicyclic amines) is 1. The highest BCUT2D eigenvalue weighted by Crippen LogP contribution is 2.39. The van der Waals surface area contributed by atoms with E-state index >= 15 is 0 Å². The number of hydrogen-bond donors (Lipinski definition) is 1. The first kappa shape index (κ1) is 7.56. The van der Waals surface area contributed by atoms with Crippen molar-refractivity contribution in [1.82, 2.24) is 4.90 Å². The molecule has 0 amide bonds. The third kappa shape index (κ3) is 1.57. The van der Waals surface area contributed by atoms with Crippen molar-refractivity contribution in [3.05, 3.63) is 0 Å². The molecule has 0 aromatic carbocycles. The van der Waals surface area contributed by atoms with Crippen LogP contribution in [0.5, 0.6) is 0 Å². The highest BCUT2D eigenvalue weighted by Gasteiger charge is 2.41. The number of nitrogens with two attached hydrogens (primary N) is 1. The lowest BCUT2D eigenvalue weighted by Gasteiger charge is -2.22. The molecule has 1 saturated carbocycles. The average molecular weight is 154 g/mol. The van der Waals surface area contributed by atoms with Crippen molar-refractivity contribution in [2.45, 2.75) is 43.7 Å². The van der Waals surface area contributed by atoms with Crippen LogP contribution in [0.15, 0.2) is 0 Å². The SMILES string of the molecule is CN1CCCC1CC1(N)CC1. The molecule has 0 spiro atoms. The first-order valence-corrected chi connectivity index (χ1v) is 4.69. The van der Waals surface area contributed by atoms with E-state index in [1.807, 2.05) is 0 Å². The first-order chi connectivity index (χ1) is 5.20. The molecule has 64 valence electrons. The lowest BCUT2D eigenvalue weighted by molar-refractivity contribution is 0.277. The molecule has 1 aliphatic carbocycles. The van der Waals surface area contributed by atoms with Gasteiger partial charge in [-0.05, 0) is 45.7 Å². The largest absolute Gasteiger partial charge is 0.325 e. The van der Waals surface area contributed by atoms with Crippen LogP contribution in [0, 0.1) is 0 Å². The second-order valence-electron chi connectivity index (χ2n) is 4.34. The highest BCUT2D eigenvalue weighted by molar-refractivity contribution is 5.02. The molecule has 1 saturated heterocycles. The summed E-state index contributed by atoms with van der Waals surface area (Å²) in [4.78, 5) is 2.47. The van der Waals surface area contributed by atoms with E-state index < -0.39 is 0 Å². The second kappa shape index (κ2) is 2.46. The molecule has 2 fully saturated rings. The summed E-state index contributed by atoms with van der Waals surface area (Å²) in [7, 11) is 2.23. The maximum atomic E-state index is 6.06. The van der Waals surface area contributed by atoms with E-state index in [1.165, 1.54) is 38.6 Å². The predicted octanol–water partition coefficient (Wildman–Crippen LogP) is 0.962. The first-order valence-electron chi connectivity index (χ1n) is 4.69. The zero-order chi connectivity index (χ0) is 7.90. The fourth-order valence-corrected chi connectivity index (χ4v) is 2.07. The summed E-state index contributed by atoms with van der Waals surface area (Å²) in [6.45, 7) is 1.28. The Balaban J connectivity index is 1.85. The van der Waals surface area contributed by atoms with Crippen molar-refractivity contribution in [3.63, 3.8) is 0 Å². The molecule has 2 nitrogen and oxygen atoms in total. The summed E-state index contributed by atoms with van der Waals surface area (Å²) >= 11 is 0. The van der Waals surface area contributed by atoms with E-state index in [1.54, 1.807) is 0 Å². The minimum absolute atomic E-state index is 0.253. The third-order valence-electron chi connectivity index (χ3n) is 3.21. The topological polar surface area (TPSA) is 29.3 Å². The van der Waals surface area contributed by atoms with Crippen LogP contribution >= 0.6 is 0 Å². The minimum Gasteiger partial charge on any atom is -0.325 e. The maximum Gasteiger partial charge on any atom is 0.0170 e. The van der Waals surface area contributed by atoms with Crippen LogP contribution in [-0.2, 0) is 0 Å². The van der Waals surface area contributed by atoms with Crippen LogP contribution in [-0.4, -0.2) is 30.1 Å². The Labute approximate surface area is 68.7 Å². The van der Waals surface area contributed by atoms with Crippen LogP contribution in [0.4, 0.5) is 0 Å². The van der Waals surface area contributed by atoms with Gasteiger partial charge in [-0.3, -0.25) is 0 Å². The van der Waals surface area contributed by atoms with Crippen LogP contribution in [0.1, 0.15) is 32.1 Å². The van der Waals surface area contributed by atoms with Gasteiger partial charge in [-0.2, -0.15) is 0 Å². The van der Waals surface area contributed by atoms with E-state index in [0.717, 1.165) is 6.04 Å². The van der Waals surface area contributed by atoms with Gasteiger partial charge in [0.15, 0.2) is 0 Å². The Morgan fingerprint density at radius 1 is 1.55 bits per heavy atom. The molecular formula is C9H18N2. The third-order valence-corrected chi connectivity index (χ3v) is 3.21. The Hall–Kier alpha value is -0.0800. The van der Waals surface area contributed by atoms with Gasteiger partial charge in [0.2, 0.25) is 0 Å². The van der Waals surface area contributed by atoms with Crippen molar-refractivity contribution in [2.24, 2.45) is 5.73 Å². The van der Waals surface area contributed by atoms with Gasteiger partial charge in [0.25, 0.3) is 0 Å². The van der Waals surface area contributed by atoms with Gasteiger partial charge in [0, 0.05) is 11.6 Å². The molecule has 2 aliphatic rings. The summed E-state index contributed by atoms with van der Waals surface area (Å²) in [5.74, 6) is 0. The molecule has 1 unspecified atom stereocenters. The summed E-state index contributed by atoms with van der Waals surface area (Å²) < 4.78 is 0. The summed E-state index contributed by atoms with van der Waals surface area (Å²) in [6, 6.07) is 0.794. The van der Waals surface area contributed by atoms with E-state index in [-0.39, 0.29) is 5.54 Å². The van der Waals surface area contributed by atoms with E-state index in [2.05, 4.69) is 11.9 Å². The van der Waals surface area contributed by atoms with E-state index in [4.69, 9.17) is 5.73 Å². The molecule has 2 N–H and O–H groups in total.